The van der Waals surface area contributed by atoms with Crippen molar-refractivity contribution in [2.24, 2.45) is 0 Å². The number of nitrogens with one attached hydrogen (secondary N) is 1. The van der Waals surface area contributed by atoms with Crippen molar-refractivity contribution < 1.29 is 4.74 Å². The predicted octanol–water partition coefficient (Wildman–Crippen LogP) is 2.63. The van der Waals surface area contributed by atoms with E-state index in [1.807, 2.05) is 19.9 Å². The lowest BCUT2D eigenvalue weighted by Crippen LogP contribution is -2.16. The van der Waals surface area contributed by atoms with Gasteiger partial charge >= 0.3 is 0 Å². The molecular weight excluding hydrogens is 186 g/mol. The molecule has 0 fully saturated rings. The Kier molecular flexibility index (Phi) is 5.19. The zero-order valence-corrected chi connectivity index (χ0v) is 9.92. The second-order valence-corrected chi connectivity index (χ2v) is 3.92. The maximum absolute atomic E-state index is 5.64. The third kappa shape index (κ3) is 4.84. The molecule has 0 heterocycles. The molecule has 0 spiro atoms. The molecule has 0 saturated heterocycles. The van der Waals surface area contributed by atoms with Crippen LogP contribution in [0.3, 0.4) is 0 Å². The minimum Gasteiger partial charge on any atom is -0.491 e. The van der Waals surface area contributed by atoms with Crippen molar-refractivity contribution in [1.82, 2.24) is 5.32 Å². The van der Waals surface area contributed by atoms with Crippen LogP contribution in [0.2, 0.25) is 0 Å². The average Bonchev–Trinajstić information content (AvgIpc) is 2.18. The van der Waals surface area contributed by atoms with E-state index in [-0.39, 0.29) is 6.10 Å². The third-order valence-corrected chi connectivity index (χ3v) is 2.11. The van der Waals surface area contributed by atoms with Crippen molar-refractivity contribution in [3.63, 3.8) is 0 Å². The molecule has 2 heteroatoms. The van der Waals surface area contributed by atoms with Gasteiger partial charge in [-0.25, -0.2) is 0 Å². The molecule has 1 aromatic rings. The largest absolute Gasteiger partial charge is 0.491 e. The molecule has 0 radical (unpaired) electrons. The lowest BCUT2D eigenvalue weighted by atomic mass is 10.1. The number of likely N-dealkylation sites (N-methyl/N-ethyl adjacent to an activating group) is 1. The summed E-state index contributed by atoms with van der Waals surface area (Å²) >= 11 is 0. The summed E-state index contributed by atoms with van der Waals surface area (Å²) < 4.78 is 5.64. The van der Waals surface area contributed by atoms with E-state index in [0.717, 1.165) is 25.3 Å². The summed E-state index contributed by atoms with van der Waals surface area (Å²) in [7, 11) is 0. The number of hydrogen-bond donors (Lipinski definition) is 1. The minimum absolute atomic E-state index is 0.244. The van der Waals surface area contributed by atoms with Gasteiger partial charge in [-0.2, -0.15) is 0 Å². The van der Waals surface area contributed by atoms with Crippen molar-refractivity contribution >= 4 is 0 Å². The van der Waals surface area contributed by atoms with Crippen LogP contribution in [0.5, 0.6) is 5.75 Å². The van der Waals surface area contributed by atoms with E-state index >= 15 is 0 Å². The summed E-state index contributed by atoms with van der Waals surface area (Å²) in [6, 6.07) is 8.33. The van der Waals surface area contributed by atoms with Gasteiger partial charge in [0, 0.05) is 0 Å². The van der Waals surface area contributed by atoms with Gasteiger partial charge < -0.3 is 10.1 Å². The predicted molar refractivity (Wildman–Crippen MR) is 64.5 cm³/mol. The Morgan fingerprint density at radius 3 is 2.80 bits per heavy atom. The van der Waals surface area contributed by atoms with E-state index in [0.29, 0.717) is 0 Å². The topological polar surface area (TPSA) is 21.3 Å². The van der Waals surface area contributed by atoms with Crippen LogP contribution < -0.4 is 10.1 Å². The van der Waals surface area contributed by atoms with E-state index < -0.39 is 0 Å². The molecule has 15 heavy (non-hydrogen) atoms. The Hall–Kier alpha value is -1.02. The molecule has 0 amide bonds. The maximum Gasteiger partial charge on any atom is 0.119 e. The molecular formula is C13H21NO. The molecule has 0 atom stereocenters. The van der Waals surface area contributed by atoms with Crippen molar-refractivity contribution in [2.45, 2.75) is 33.3 Å². The maximum atomic E-state index is 5.64. The Morgan fingerprint density at radius 1 is 1.33 bits per heavy atom. The Balaban J connectivity index is 2.50. The molecule has 1 rings (SSSR count). The van der Waals surface area contributed by atoms with Crippen LogP contribution in [0.4, 0.5) is 0 Å². The highest BCUT2D eigenvalue weighted by atomic mass is 16.5. The Labute approximate surface area is 92.6 Å². The van der Waals surface area contributed by atoms with Crippen molar-refractivity contribution in [3.05, 3.63) is 29.8 Å². The van der Waals surface area contributed by atoms with E-state index in [2.05, 4.69) is 30.4 Å². The number of benzene rings is 1. The first kappa shape index (κ1) is 12.1. The highest BCUT2D eigenvalue weighted by molar-refractivity contribution is 5.28. The molecule has 84 valence electrons. The second kappa shape index (κ2) is 6.46. The lowest BCUT2D eigenvalue weighted by molar-refractivity contribution is 0.242. The van der Waals surface area contributed by atoms with Gasteiger partial charge in [-0.1, -0.05) is 19.1 Å². The normalized spacial score (nSPS) is 10.7. The summed E-state index contributed by atoms with van der Waals surface area (Å²) in [5, 5.41) is 3.32. The van der Waals surface area contributed by atoms with Crippen molar-refractivity contribution in [3.8, 4) is 5.75 Å². The summed E-state index contributed by atoms with van der Waals surface area (Å²) in [4.78, 5) is 0. The van der Waals surface area contributed by atoms with Crippen LogP contribution in [0.15, 0.2) is 24.3 Å². The van der Waals surface area contributed by atoms with Gasteiger partial charge in [-0.05, 0) is 51.1 Å². The number of ether oxygens (including phenoxy) is 1. The molecule has 0 aliphatic rings. The van der Waals surface area contributed by atoms with Crippen LogP contribution in [0.1, 0.15) is 26.3 Å². The highest BCUT2D eigenvalue weighted by Gasteiger charge is 1.98. The van der Waals surface area contributed by atoms with Crippen LogP contribution >= 0.6 is 0 Å². The van der Waals surface area contributed by atoms with E-state index in [1.54, 1.807) is 0 Å². The standard InChI is InChI=1S/C13H21NO/c1-4-14-9-8-12-6-5-7-13(10-12)15-11(2)3/h5-7,10-11,14H,4,8-9H2,1-3H3. The van der Waals surface area contributed by atoms with Crippen molar-refractivity contribution in [1.29, 1.82) is 0 Å². The quantitative estimate of drug-likeness (QED) is 0.724. The highest BCUT2D eigenvalue weighted by Crippen LogP contribution is 2.14. The van der Waals surface area contributed by atoms with Gasteiger partial charge in [-0.3, -0.25) is 0 Å². The summed E-state index contributed by atoms with van der Waals surface area (Å²) in [5.74, 6) is 0.971. The fourth-order valence-corrected chi connectivity index (χ4v) is 1.46. The van der Waals surface area contributed by atoms with Gasteiger partial charge in [0.05, 0.1) is 6.10 Å². The summed E-state index contributed by atoms with van der Waals surface area (Å²) in [6.07, 6.45) is 1.30. The second-order valence-electron chi connectivity index (χ2n) is 3.92. The van der Waals surface area contributed by atoms with Crippen LogP contribution in [0, 0.1) is 0 Å². The van der Waals surface area contributed by atoms with E-state index in [4.69, 9.17) is 4.74 Å². The van der Waals surface area contributed by atoms with Crippen molar-refractivity contribution in [2.75, 3.05) is 13.1 Å². The Bertz CT molecular complexity index is 284. The number of hydrogen-bond acceptors (Lipinski definition) is 2. The molecule has 0 aromatic heterocycles. The van der Waals surface area contributed by atoms with Gasteiger partial charge in [0.15, 0.2) is 0 Å². The first-order valence-corrected chi connectivity index (χ1v) is 5.68. The third-order valence-electron chi connectivity index (χ3n) is 2.11. The van der Waals surface area contributed by atoms with E-state index in [9.17, 15) is 0 Å². The average molecular weight is 207 g/mol. The molecule has 0 aliphatic heterocycles. The molecule has 2 nitrogen and oxygen atoms in total. The fourth-order valence-electron chi connectivity index (χ4n) is 1.46. The Morgan fingerprint density at radius 2 is 2.13 bits per heavy atom. The summed E-state index contributed by atoms with van der Waals surface area (Å²) in [5.41, 5.74) is 1.33. The SMILES string of the molecule is CCNCCc1cccc(OC(C)C)c1. The van der Waals surface area contributed by atoms with Gasteiger partial charge in [0.2, 0.25) is 0 Å². The monoisotopic (exact) mass is 207 g/mol. The molecule has 0 saturated carbocycles. The first-order chi connectivity index (χ1) is 7.22. The molecule has 1 N–H and O–H groups in total. The molecule has 0 aliphatic carbocycles. The van der Waals surface area contributed by atoms with Crippen LogP contribution in [-0.2, 0) is 6.42 Å². The van der Waals surface area contributed by atoms with E-state index in [1.165, 1.54) is 5.56 Å². The first-order valence-electron chi connectivity index (χ1n) is 5.68. The smallest absolute Gasteiger partial charge is 0.119 e. The van der Waals surface area contributed by atoms with Crippen LogP contribution in [0.25, 0.3) is 0 Å². The molecule has 0 bridgehead atoms. The van der Waals surface area contributed by atoms with Crippen LogP contribution in [-0.4, -0.2) is 19.2 Å². The zero-order chi connectivity index (χ0) is 11.1. The molecule has 0 unspecified atom stereocenters. The summed E-state index contributed by atoms with van der Waals surface area (Å²) in [6.45, 7) is 8.28. The van der Waals surface area contributed by atoms with Gasteiger partial charge in [0.25, 0.3) is 0 Å². The fraction of sp³-hybridized carbons (Fsp3) is 0.538. The lowest BCUT2D eigenvalue weighted by Gasteiger charge is -2.10. The molecule has 1 aromatic carbocycles. The van der Waals surface area contributed by atoms with Gasteiger partial charge in [-0.15, -0.1) is 0 Å². The zero-order valence-electron chi connectivity index (χ0n) is 9.92. The minimum atomic E-state index is 0.244. The van der Waals surface area contributed by atoms with Gasteiger partial charge in [0.1, 0.15) is 5.75 Å². The number of rotatable bonds is 6.